The molecule has 21 heavy (non-hydrogen) atoms. The number of alkyl halides is 2. The van der Waals surface area contributed by atoms with Crippen LogP contribution >= 0.6 is 12.4 Å². The van der Waals surface area contributed by atoms with E-state index in [1.54, 1.807) is 11.9 Å². The first kappa shape index (κ1) is 18.1. The molecule has 2 fully saturated rings. The molecule has 2 N–H and O–H groups in total. The number of amides is 2. The van der Waals surface area contributed by atoms with Crippen LogP contribution in [0.3, 0.4) is 0 Å². The quantitative estimate of drug-likeness (QED) is 0.719. The maximum atomic E-state index is 13.1. The van der Waals surface area contributed by atoms with Crippen LogP contribution in [-0.4, -0.2) is 79.9 Å². The van der Waals surface area contributed by atoms with Crippen LogP contribution in [0.4, 0.5) is 8.78 Å². The fraction of sp³-hybridized carbons (Fsp3) is 0.833. The van der Waals surface area contributed by atoms with Crippen molar-refractivity contribution in [3.05, 3.63) is 0 Å². The first-order valence-corrected chi connectivity index (χ1v) is 6.74. The normalized spacial score (nSPS) is 25.3. The predicted molar refractivity (Wildman–Crippen MR) is 75.7 cm³/mol. The van der Waals surface area contributed by atoms with Gasteiger partial charge < -0.3 is 10.2 Å². The second-order valence-corrected chi connectivity index (χ2v) is 5.27. The predicted octanol–water partition coefficient (Wildman–Crippen LogP) is -0.704. The molecule has 0 aliphatic carbocycles. The monoisotopic (exact) mass is 326 g/mol. The Hall–Kier alpha value is -0.990. The van der Waals surface area contributed by atoms with Gasteiger partial charge in [-0.25, -0.2) is 8.78 Å². The van der Waals surface area contributed by atoms with Gasteiger partial charge in [0.2, 0.25) is 11.8 Å². The van der Waals surface area contributed by atoms with Crippen LogP contribution in [0, 0.1) is 0 Å². The van der Waals surface area contributed by atoms with Crippen LogP contribution in [0.5, 0.6) is 0 Å². The summed E-state index contributed by atoms with van der Waals surface area (Å²) in [5, 5.41) is 5.12. The lowest BCUT2D eigenvalue weighted by molar-refractivity contribution is -0.135. The number of hydrogen-bond donors (Lipinski definition) is 2. The Kier molecular flexibility index (Phi) is 6.30. The highest BCUT2D eigenvalue weighted by molar-refractivity contribution is 5.85. The number of hydrogen-bond acceptors (Lipinski definition) is 4. The Morgan fingerprint density at radius 2 is 1.90 bits per heavy atom. The minimum absolute atomic E-state index is 0. The van der Waals surface area contributed by atoms with Crippen LogP contribution in [0.15, 0.2) is 0 Å². The summed E-state index contributed by atoms with van der Waals surface area (Å²) in [5.74, 6) is -3.12. The largest absolute Gasteiger partial charge is 0.358 e. The van der Waals surface area contributed by atoms with Gasteiger partial charge in [0.25, 0.3) is 5.92 Å². The second-order valence-electron chi connectivity index (χ2n) is 5.27. The molecule has 0 aromatic rings. The molecule has 9 heteroatoms. The molecule has 0 spiro atoms. The third-order valence-electron chi connectivity index (χ3n) is 3.74. The molecule has 2 aliphatic heterocycles. The molecule has 2 rings (SSSR count). The Balaban J connectivity index is 0.00000220. The summed E-state index contributed by atoms with van der Waals surface area (Å²) in [6.07, 6.45) is -0.426. The van der Waals surface area contributed by atoms with Gasteiger partial charge in [0.05, 0.1) is 19.1 Å². The molecule has 2 heterocycles. The SMILES string of the molecule is CNC(=O)CN1CCN(C(=O)C2CC(F)(F)CN2)CC1.Cl. The maximum Gasteiger partial charge on any atom is 0.262 e. The van der Waals surface area contributed by atoms with E-state index in [4.69, 9.17) is 0 Å². The van der Waals surface area contributed by atoms with E-state index >= 15 is 0 Å². The highest BCUT2D eigenvalue weighted by Crippen LogP contribution is 2.26. The number of halogens is 3. The molecule has 0 aromatic carbocycles. The van der Waals surface area contributed by atoms with Crippen LogP contribution in [0.2, 0.25) is 0 Å². The van der Waals surface area contributed by atoms with Gasteiger partial charge >= 0.3 is 0 Å². The van der Waals surface area contributed by atoms with Crippen molar-refractivity contribution in [2.45, 2.75) is 18.4 Å². The number of carbonyl (C=O) groups is 2. The molecule has 1 atom stereocenters. The summed E-state index contributed by atoms with van der Waals surface area (Å²) in [4.78, 5) is 26.9. The van der Waals surface area contributed by atoms with E-state index in [-0.39, 0.29) is 24.2 Å². The molecule has 2 aliphatic rings. The zero-order valence-corrected chi connectivity index (χ0v) is 12.7. The van der Waals surface area contributed by atoms with E-state index in [2.05, 4.69) is 10.6 Å². The van der Waals surface area contributed by atoms with Crippen LogP contribution in [0.25, 0.3) is 0 Å². The third kappa shape index (κ3) is 4.76. The first-order valence-electron chi connectivity index (χ1n) is 6.74. The second kappa shape index (κ2) is 7.33. The van der Waals surface area contributed by atoms with Crippen molar-refractivity contribution in [1.82, 2.24) is 20.4 Å². The number of piperazine rings is 1. The molecular weight excluding hydrogens is 306 g/mol. The molecule has 122 valence electrons. The molecule has 0 aromatic heterocycles. The minimum atomic E-state index is -2.79. The molecule has 1 unspecified atom stereocenters. The lowest BCUT2D eigenvalue weighted by Crippen LogP contribution is -2.54. The molecule has 2 saturated heterocycles. The number of rotatable bonds is 3. The summed E-state index contributed by atoms with van der Waals surface area (Å²) in [7, 11) is 1.58. The average Bonchev–Trinajstić information content (AvgIpc) is 2.79. The van der Waals surface area contributed by atoms with E-state index in [1.807, 2.05) is 4.90 Å². The molecule has 0 saturated carbocycles. The summed E-state index contributed by atoms with van der Waals surface area (Å²) >= 11 is 0. The van der Waals surface area contributed by atoms with Gasteiger partial charge in [-0.1, -0.05) is 0 Å². The summed E-state index contributed by atoms with van der Waals surface area (Å²) in [6, 6.07) is -0.782. The number of carbonyl (C=O) groups excluding carboxylic acids is 2. The first-order chi connectivity index (χ1) is 9.41. The molecular formula is C12H21ClF2N4O2. The van der Waals surface area contributed by atoms with Crippen molar-refractivity contribution in [2.75, 3.05) is 46.3 Å². The summed E-state index contributed by atoms with van der Waals surface area (Å²) < 4.78 is 26.2. The summed E-state index contributed by atoms with van der Waals surface area (Å²) in [5.41, 5.74) is 0. The number of nitrogens with one attached hydrogen (secondary N) is 2. The highest BCUT2D eigenvalue weighted by atomic mass is 35.5. The van der Waals surface area contributed by atoms with Crippen LogP contribution in [-0.2, 0) is 9.59 Å². The number of nitrogens with zero attached hydrogens (tertiary/aromatic N) is 2. The zero-order chi connectivity index (χ0) is 14.8. The van der Waals surface area contributed by atoms with Crippen molar-refractivity contribution < 1.29 is 18.4 Å². The number of likely N-dealkylation sites (N-methyl/N-ethyl adjacent to an activating group) is 1. The Morgan fingerprint density at radius 3 is 2.38 bits per heavy atom. The smallest absolute Gasteiger partial charge is 0.262 e. The van der Waals surface area contributed by atoms with Crippen molar-refractivity contribution >= 4 is 24.2 Å². The van der Waals surface area contributed by atoms with E-state index < -0.39 is 24.9 Å². The minimum Gasteiger partial charge on any atom is -0.358 e. The zero-order valence-electron chi connectivity index (χ0n) is 11.9. The topological polar surface area (TPSA) is 64.7 Å². The Labute approximate surface area is 128 Å². The lowest BCUT2D eigenvalue weighted by atomic mass is 10.1. The van der Waals surface area contributed by atoms with Crippen molar-refractivity contribution in [1.29, 1.82) is 0 Å². The highest BCUT2D eigenvalue weighted by Gasteiger charge is 2.43. The van der Waals surface area contributed by atoms with Gasteiger partial charge in [-0.05, 0) is 0 Å². The van der Waals surface area contributed by atoms with Gasteiger partial charge in [-0.2, -0.15) is 0 Å². The van der Waals surface area contributed by atoms with Crippen molar-refractivity contribution in [2.24, 2.45) is 0 Å². The van der Waals surface area contributed by atoms with Crippen LogP contribution in [0.1, 0.15) is 6.42 Å². The Bertz CT molecular complexity index is 389. The Morgan fingerprint density at radius 1 is 1.29 bits per heavy atom. The van der Waals surface area contributed by atoms with E-state index in [9.17, 15) is 18.4 Å². The van der Waals surface area contributed by atoms with Crippen molar-refractivity contribution in [3.8, 4) is 0 Å². The molecule has 6 nitrogen and oxygen atoms in total. The fourth-order valence-electron chi connectivity index (χ4n) is 2.52. The van der Waals surface area contributed by atoms with Gasteiger partial charge in [0.1, 0.15) is 0 Å². The van der Waals surface area contributed by atoms with Crippen LogP contribution < -0.4 is 10.6 Å². The van der Waals surface area contributed by atoms with Gasteiger partial charge in [0.15, 0.2) is 0 Å². The lowest BCUT2D eigenvalue weighted by Gasteiger charge is -2.35. The van der Waals surface area contributed by atoms with E-state index in [0.717, 1.165) is 0 Å². The van der Waals surface area contributed by atoms with Gasteiger partial charge in [-0.3, -0.25) is 19.8 Å². The average molecular weight is 327 g/mol. The van der Waals surface area contributed by atoms with E-state index in [0.29, 0.717) is 32.7 Å². The molecule has 0 bridgehead atoms. The molecule has 0 radical (unpaired) electrons. The standard InChI is InChI=1S/C12H20F2N4O2.ClH/c1-15-10(19)7-17-2-4-18(5-3-17)11(20)9-6-12(13,14)8-16-9;/h9,16H,2-8H2,1H3,(H,15,19);1H. The third-order valence-corrected chi connectivity index (χ3v) is 3.74. The van der Waals surface area contributed by atoms with E-state index in [1.165, 1.54) is 0 Å². The summed E-state index contributed by atoms with van der Waals surface area (Å²) in [6.45, 7) is 1.99. The fourth-order valence-corrected chi connectivity index (χ4v) is 2.52. The molecule has 2 amide bonds. The maximum absolute atomic E-state index is 13.1. The van der Waals surface area contributed by atoms with Crippen molar-refractivity contribution in [3.63, 3.8) is 0 Å². The van der Waals surface area contributed by atoms with Gasteiger partial charge in [0, 0.05) is 39.6 Å². The van der Waals surface area contributed by atoms with Gasteiger partial charge in [-0.15, -0.1) is 12.4 Å².